The van der Waals surface area contributed by atoms with E-state index < -0.39 is 33.6 Å². The number of nitrogens with zero attached hydrogens (tertiary/aromatic N) is 4. The Morgan fingerprint density at radius 2 is 1.68 bits per heavy atom. The number of aryl methyl sites for hydroxylation is 1. The molecule has 0 atom stereocenters. The van der Waals surface area contributed by atoms with Crippen molar-refractivity contribution in [1.29, 1.82) is 0 Å². The fraction of sp³-hybridized carbons (Fsp3) is 0.600. The van der Waals surface area contributed by atoms with Crippen molar-refractivity contribution in [1.82, 2.24) is 9.97 Å². The van der Waals surface area contributed by atoms with E-state index in [1.807, 2.05) is 4.90 Å². The Hall–Kier alpha value is -3.55. The first-order valence-electron chi connectivity index (χ1n) is 15.3. The highest BCUT2D eigenvalue weighted by atomic mass is 32.2. The number of carbonyl (C=O) groups is 2. The minimum absolute atomic E-state index is 0.0716. The van der Waals surface area contributed by atoms with Gasteiger partial charge in [-0.1, -0.05) is 0 Å². The first-order chi connectivity index (χ1) is 20.9. The second-order valence-electron chi connectivity index (χ2n) is 12.3. The van der Waals surface area contributed by atoms with E-state index in [1.165, 1.54) is 18.9 Å². The van der Waals surface area contributed by atoms with Gasteiger partial charge in [-0.15, -0.1) is 0 Å². The highest BCUT2D eigenvalue weighted by Crippen LogP contribution is 2.54. The molecule has 1 aromatic heterocycles. The first-order valence-corrected chi connectivity index (χ1v) is 17.0. The van der Waals surface area contributed by atoms with E-state index in [4.69, 9.17) is 4.74 Å². The number of hydrogen-bond acceptors (Lipinski definition) is 9. The van der Waals surface area contributed by atoms with Crippen molar-refractivity contribution in [2.75, 3.05) is 58.4 Å². The zero-order chi connectivity index (χ0) is 31.1. The SMILES string of the molecule is CCOC(=O)CS(=O)(=O)Nc1ccc(C(=O)Nc2nc3c(c(N4CCC(F)(F)CC4)n2)CCC3)c(N2CCC3(CC2)CC3)c1. The lowest BCUT2D eigenvalue weighted by atomic mass is 9.93. The summed E-state index contributed by atoms with van der Waals surface area (Å²) in [6, 6.07) is 4.65. The lowest BCUT2D eigenvalue weighted by Crippen LogP contribution is -2.40. The van der Waals surface area contributed by atoms with Crippen LogP contribution in [0.3, 0.4) is 0 Å². The molecule has 2 N–H and O–H groups in total. The van der Waals surface area contributed by atoms with Crippen molar-refractivity contribution >= 4 is 45.0 Å². The van der Waals surface area contributed by atoms with Crippen LogP contribution in [0.2, 0.25) is 0 Å². The zero-order valence-electron chi connectivity index (χ0n) is 24.8. The second kappa shape index (κ2) is 11.8. The molecule has 3 fully saturated rings. The Labute approximate surface area is 255 Å². The van der Waals surface area contributed by atoms with Gasteiger partial charge in [0.15, 0.2) is 5.75 Å². The maximum Gasteiger partial charge on any atom is 0.323 e. The summed E-state index contributed by atoms with van der Waals surface area (Å²) >= 11 is 0. The first kappa shape index (κ1) is 30.5. The number of sulfonamides is 1. The van der Waals surface area contributed by atoms with E-state index in [2.05, 4.69) is 24.9 Å². The van der Waals surface area contributed by atoms with Crippen LogP contribution in [0.4, 0.5) is 31.9 Å². The molecule has 44 heavy (non-hydrogen) atoms. The molecular formula is C30H38F2N6O5S. The Kier molecular flexibility index (Phi) is 8.14. The monoisotopic (exact) mass is 632 g/mol. The van der Waals surface area contributed by atoms with Crippen LogP contribution in [0.15, 0.2) is 18.2 Å². The van der Waals surface area contributed by atoms with Gasteiger partial charge in [0.25, 0.3) is 11.8 Å². The van der Waals surface area contributed by atoms with Gasteiger partial charge in [-0.05, 0) is 75.5 Å². The second-order valence-corrected chi connectivity index (χ2v) is 14.1. The number of benzene rings is 1. The average molecular weight is 633 g/mol. The van der Waals surface area contributed by atoms with Gasteiger partial charge in [0.2, 0.25) is 16.0 Å². The number of carbonyl (C=O) groups excluding carboxylic acids is 2. The van der Waals surface area contributed by atoms with Crippen molar-refractivity contribution in [2.24, 2.45) is 5.41 Å². The normalized spacial score (nSPS) is 20.2. The van der Waals surface area contributed by atoms with Gasteiger partial charge in [-0.3, -0.25) is 19.6 Å². The molecule has 11 nitrogen and oxygen atoms in total. The molecule has 1 aromatic carbocycles. The van der Waals surface area contributed by atoms with Crippen molar-refractivity contribution in [3.63, 3.8) is 0 Å². The summed E-state index contributed by atoms with van der Waals surface area (Å²) in [5.41, 5.74) is 3.27. The lowest BCUT2D eigenvalue weighted by molar-refractivity contribution is -0.139. The van der Waals surface area contributed by atoms with E-state index in [-0.39, 0.29) is 44.2 Å². The molecule has 0 unspecified atom stereocenters. The topological polar surface area (TPSA) is 134 Å². The van der Waals surface area contributed by atoms with Gasteiger partial charge >= 0.3 is 5.97 Å². The molecule has 1 spiro atoms. The summed E-state index contributed by atoms with van der Waals surface area (Å²) in [6.07, 6.45) is 6.25. The van der Waals surface area contributed by atoms with Crippen molar-refractivity contribution < 1.29 is 31.5 Å². The van der Waals surface area contributed by atoms with Gasteiger partial charge in [0.05, 0.1) is 29.2 Å². The van der Waals surface area contributed by atoms with Crippen LogP contribution >= 0.6 is 0 Å². The van der Waals surface area contributed by atoms with Gasteiger partial charge in [0, 0.05) is 44.6 Å². The van der Waals surface area contributed by atoms with Crippen molar-refractivity contribution in [2.45, 2.75) is 70.6 Å². The molecule has 2 aliphatic carbocycles. The van der Waals surface area contributed by atoms with E-state index >= 15 is 0 Å². The number of piperidine rings is 2. The van der Waals surface area contributed by atoms with Crippen molar-refractivity contribution in [3.05, 3.63) is 35.0 Å². The molecule has 6 rings (SSSR count). The lowest BCUT2D eigenvalue weighted by Gasteiger charge is -2.35. The molecule has 0 bridgehead atoms. The smallest absolute Gasteiger partial charge is 0.323 e. The maximum atomic E-state index is 13.9. The summed E-state index contributed by atoms with van der Waals surface area (Å²) < 4.78 is 60.3. The molecule has 2 saturated heterocycles. The highest BCUT2D eigenvalue weighted by Gasteiger charge is 2.45. The Balaban J connectivity index is 1.26. The molecule has 3 heterocycles. The Morgan fingerprint density at radius 3 is 2.36 bits per heavy atom. The maximum absolute atomic E-state index is 13.9. The van der Waals surface area contributed by atoms with Crippen LogP contribution in [0.1, 0.15) is 73.5 Å². The average Bonchev–Trinajstić information content (AvgIpc) is 3.54. The predicted octanol–water partition coefficient (Wildman–Crippen LogP) is 4.14. The number of alkyl halides is 2. The van der Waals surface area contributed by atoms with E-state index in [0.29, 0.717) is 22.5 Å². The van der Waals surface area contributed by atoms with Crippen LogP contribution in [0.5, 0.6) is 0 Å². The van der Waals surface area contributed by atoms with Gasteiger partial charge < -0.3 is 14.5 Å². The molecule has 4 aliphatic rings. The number of anilines is 4. The molecule has 2 aromatic rings. The minimum Gasteiger partial charge on any atom is -0.465 e. The number of ether oxygens (including phenoxy) is 1. The fourth-order valence-electron chi connectivity index (χ4n) is 6.47. The summed E-state index contributed by atoms with van der Waals surface area (Å²) in [7, 11) is -4.04. The Morgan fingerprint density at radius 1 is 0.977 bits per heavy atom. The molecule has 238 valence electrons. The number of aromatic nitrogens is 2. The van der Waals surface area contributed by atoms with Gasteiger partial charge in [-0.2, -0.15) is 4.98 Å². The number of amides is 1. The third-order valence-corrected chi connectivity index (χ3v) is 10.3. The summed E-state index contributed by atoms with van der Waals surface area (Å²) in [6.45, 7) is 3.47. The highest BCUT2D eigenvalue weighted by molar-refractivity contribution is 7.93. The molecule has 1 saturated carbocycles. The predicted molar refractivity (Wildman–Crippen MR) is 162 cm³/mol. The molecule has 14 heteroatoms. The summed E-state index contributed by atoms with van der Waals surface area (Å²) in [5.74, 6) is -4.10. The van der Waals surface area contributed by atoms with E-state index in [1.54, 1.807) is 19.1 Å². The molecule has 2 aliphatic heterocycles. The number of rotatable bonds is 9. The van der Waals surface area contributed by atoms with Crippen molar-refractivity contribution in [3.8, 4) is 0 Å². The third kappa shape index (κ3) is 6.74. The van der Waals surface area contributed by atoms with Gasteiger partial charge in [0.1, 0.15) is 5.82 Å². The van der Waals surface area contributed by atoms with Gasteiger partial charge in [-0.25, -0.2) is 22.2 Å². The van der Waals surface area contributed by atoms with E-state index in [9.17, 15) is 26.8 Å². The van der Waals surface area contributed by atoms with Crippen LogP contribution in [-0.2, 0) is 32.4 Å². The molecular weight excluding hydrogens is 594 g/mol. The number of nitrogens with one attached hydrogen (secondary N) is 2. The minimum atomic E-state index is -4.04. The molecule has 0 radical (unpaired) electrons. The number of fused-ring (bicyclic) bond motifs is 1. The fourth-order valence-corrected chi connectivity index (χ4v) is 7.42. The number of esters is 1. The van der Waals surface area contributed by atoms with Crippen LogP contribution in [0.25, 0.3) is 0 Å². The quantitative estimate of drug-likeness (QED) is 0.392. The largest absolute Gasteiger partial charge is 0.465 e. The zero-order valence-corrected chi connectivity index (χ0v) is 25.6. The van der Waals surface area contributed by atoms with Crippen LogP contribution in [0, 0.1) is 5.41 Å². The number of hydrogen-bond donors (Lipinski definition) is 2. The van der Waals surface area contributed by atoms with Crippen LogP contribution in [-0.4, -0.2) is 74.7 Å². The summed E-state index contributed by atoms with van der Waals surface area (Å²) in [5, 5.41) is 2.84. The standard InChI is InChI=1S/C30H38F2N6O5S/c1-2-43-25(39)19-44(41,42)36-20-6-7-22(24(18-20)37-14-10-29(8-9-29)11-15-37)27(40)35-28-33-23-5-3-4-21(23)26(34-28)38-16-12-30(31,32)13-17-38/h6-7,18,36H,2-5,8-17,19H2,1H3,(H,33,34,35,40). The molecule has 1 amide bonds. The summed E-state index contributed by atoms with van der Waals surface area (Å²) in [4.78, 5) is 38.8. The third-order valence-electron chi connectivity index (χ3n) is 9.18. The van der Waals surface area contributed by atoms with Crippen LogP contribution < -0.4 is 19.8 Å². The van der Waals surface area contributed by atoms with E-state index in [0.717, 1.165) is 56.5 Å². The number of halogens is 2. The Bertz CT molecular complexity index is 1550.